The Morgan fingerprint density at radius 1 is 1.05 bits per heavy atom. The lowest BCUT2D eigenvalue weighted by molar-refractivity contribution is 0.0819. The van der Waals surface area contributed by atoms with Crippen LogP contribution >= 0.6 is 0 Å². The topological polar surface area (TPSA) is 116 Å². The van der Waals surface area contributed by atoms with E-state index in [4.69, 9.17) is 19.6 Å². The molecule has 1 N–H and O–H groups in total. The lowest BCUT2D eigenvalue weighted by Crippen LogP contribution is -2.41. The summed E-state index contributed by atoms with van der Waals surface area (Å²) in [6, 6.07) is 11.5. The number of sulfonamides is 1. The second kappa shape index (κ2) is 10.9. The van der Waals surface area contributed by atoms with Crippen LogP contribution < -0.4 is 9.62 Å². The van der Waals surface area contributed by atoms with Crippen LogP contribution in [0.1, 0.15) is 67.0 Å². The van der Waals surface area contributed by atoms with Crippen LogP contribution in [0.5, 0.6) is 0 Å². The van der Waals surface area contributed by atoms with Crippen molar-refractivity contribution in [1.82, 2.24) is 19.5 Å². The molecule has 1 amide bonds. The molecule has 3 aromatic rings. The minimum absolute atomic E-state index is 0.0687. The second-order valence-corrected chi connectivity index (χ2v) is 12.7. The van der Waals surface area contributed by atoms with Gasteiger partial charge in [-0.1, -0.05) is 24.6 Å². The van der Waals surface area contributed by atoms with Gasteiger partial charge in [0.2, 0.25) is 10.0 Å². The number of benzene rings is 1. The first-order valence-electron chi connectivity index (χ1n) is 13.8. The summed E-state index contributed by atoms with van der Waals surface area (Å²) in [5.74, 6) is -0.384. The number of amides is 1. The average Bonchev–Trinajstić information content (AvgIpc) is 3.31. The number of carbonyl (C=O) groups is 1. The van der Waals surface area contributed by atoms with Crippen molar-refractivity contribution in [2.75, 3.05) is 38.3 Å². The SMILES string of the molecule is COC1CCN(c2cc(C(=O)NS(=O)(=O)C3CCOCC3)nc3c2c(C2CCC2)nn3-c2ccccc2)CC1. The number of para-hydroxylation sites is 1. The summed E-state index contributed by atoms with van der Waals surface area (Å²) in [7, 11) is -2.13. The minimum Gasteiger partial charge on any atom is -0.381 e. The molecular formula is C28H35N5O5S. The third-order valence-electron chi connectivity index (χ3n) is 8.33. The average molecular weight is 554 g/mol. The fourth-order valence-corrected chi connectivity index (χ4v) is 7.13. The van der Waals surface area contributed by atoms with Gasteiger partial charge in [-0.05, 0) is 56.7 Å². The first-order valence-corrected chi connectivity index (χ1v) is 15.4. The van der Waals surface area contributed by atoms with Gasteiger partial charge >= 0.3 is 0 Å². The third-order valence-corrected chi connectivity index (χ3v) is 10.1. The Morgan fingerprint density at radius 2 is 1.77 bits per heavy atom. The molecule has 3 aliphatic rings. The number of hydrogen-bond donors (Lipinski definition) is 1. The molecule has 2 saturated heterocycles. The predicted molar refractivity (Wildman–Crippen MR) is 148 cm³/mol. The van der Waals surface area contributed by atoms with E-state index in [1.165, 1.54) is 0 Å². The second-order valence-electron chi connectivity index (χ2n) is 10.7. The number of nitrogens with one attached hydrogen (secondary N) is 1. The van der Waals surface area contributed by atoms with Gasteiger partial charge in [0.15, 0.2) is 5.65 Å². The van der Waals surface area contributed by atoms with Crippen LogP contribution in [0.4, 0.5) is 5.69 Å². The lowest BCUT2D eigenvalue weighted by atomic mass is 9.82. The number of carbonyl (C=O) groups excluding carboxylic acids is 1. The van der Waals surface area contributed by atoms with E-state index in [0.29, 0.717) is 37.6 Å². The van der Waals surface area contributed by atoms with E-state index >= 15 is 0 Å². The van der Waals surface area contributed by atoms with Gasteiger partial charge in [0.1, 0.15) is 5.69 Å². The van der Waals surface area contributed by atoms with Crippen LogP contribution in [0.3, 0.4) is 0 Å². The Bertz CT molecular complexity index is 1440. The van der Waals surface area contributed by atoms with Gasteiger partial charge in [0.05, 0.1) is 33.8 Å². The van der Waals surface area contributed by atoms with E-state index in [1.807, 2.05) is 30.3 Å². The molecule has 208 valence electrons. The molecular weight excluding hydrogens is 518 g/mol. The zero-order valence-corrected chi connectivity index (χ0v) is 23.0. The van der Waals surface area contributed by atoms with Gasteiger partial charge in [-0.25, -0.2) is 22.8 Å². The molecule has 11 heteroatoms. The van der Waals surface area contributed by atoms with Gasteiger partial charge < -0.3 is 14.4 Å². The Balaban J connectivity index is 1.46. The molecule has 39 heavy (non-hydrogen) atoms. The molecule has 1 saturated carbocycles. The van der Waals surface area contributed by atoms with Gasteiger partial charge in [-0.15, -0.1) is 0 Å². The van der Waals surface area contributed by atoms with Crippen molar-refractivity contribution in [2.45, 2.75) is 62.2 Å². The summed E-state index contributed by atoms with van der Waals surface area (Å²) in [6.07, 6.45) is 5.95. The first kappa shape index (κ1) is 26.2. The summed E-state index contributed by atoms with van der Waals surface area (Å²) in [6.45, 7) is 2.26. The minimum atomic E-state index is -3.87. The highest BCUT2D eigenvalue weighted by Gasteiger charge is 2.33. The lowest BCUT2D eigenvalue weighted by Gasteiger charge is -2.34. The van der Waals surface area contributed by atoms with Crippen molar-refractivity contribution in [1.29, 1.82) is 0 Å². The molecule has 0 bridgehead atoms. The maximum Gasteiger partial charge on any atom is 0.283 e. The molecule has 3 fully saturated rings. The summed E-state index contributed by atoms with van der Waals surface area (Å²) >= 11 is 0. The third kappa shape index (κ3) is 5.15. The van der Waals surface area contributed by atoms with Crippen molar-refractivity contribution < 1.29 is 22.7 Å². The number of fused-ring (bicyclic) bond motifs is 1. The molecule has 6 rings (SSSR count). The van der Waals surface area contributed by atoms with E-state index < -0.39 is 21.2 Å². The van der Waals surface area contributed by atoms with Crippen LogP contribution in [-0.2, 0) is 19.5 Å². The van der Waals surface area contributed by atoms with Crippen molar-refractivity contribution in [2.24, 2.45) is 0 Å². The number of pyridine rings is 1. The number of rotatable bonds is 7. The summed E-state index contributed by atoms with van der Waals surface area (Å²) < 4.78 is 41.1. The molecule has 0 atom stereocenters. The van der Waals surface area contributed by atoms with Crippen LogP contribution in [-0.4, -0.2) is 73.9 Å². The predicted octanol–water partition coefficient (Wildman–Crippen LogP) is 3.54. The molecule has 2 aliphatic heterocycles. The maximum absolute atomic E-state index is 13.5. The quantitative estimate of drug-likeness (QED) is 0.472. The van der Waals surface area contributed by atoms with Crippen LogP contribution in [0.2, 0.25) is 0 Å². The number of methoxy groups -OCH3 is 1. The number of hydrogen-bond acceptors (Lipinski definition) is 8. The van der Waals surface area contributed by atoms with Crippen LogP contribution in [0.25, 0.3) is 16.7 Å². The van der Waals surface area contributed by atoms with Gasteiger partial charge in [-0.3, -0.25) is 4.79 Å². The van der Waals surface area contributed by atoms with E-state index in [2.05, 4.69) is 9.62 Å². The highest BCUT2D eigenvalue weighted by atomic mass is 32.2. The summed E-state index contributed by atoms with van der Waals surface area (Å²) in [5.41, 5.74) is 3.37. The van der Waals surface area contributed by atoms with Crippen LogP contribution in [0.15, 0.2) is 36.4 Å². The molecule has 1 aliphatic carbocycles. The van der Waals surface area contributed by atoms with E-state index in [-0.39, 0.29) is 11.8 Å². The molecule has 0 radical (unpaired) electrons. The zero-order chi connectivity index (χ0) is 27.0. The monoisotopic (exact) mass is 553 g/mol. The van der Waals surface area contributed by atoms with E-state index in [1.54, 1.807) is 17.9 Å². The first-order chi connectivity index (χ1) is 18.9. The molecule has 2 aromatic heterocycles. The number of nitrogens with zero attached hydrogens (tertiary/aromatic N) is 4. The van der Waals surface area contributed by atoms with Crippen molar-refractivity contribution in [3.05, 3.63) is 47.8 Å². The summed E-state index contributed by atoms with van der Waals surface area (Å²) in [5, 5.41) is 5.34. The largest absolute Gasteiger partial charge is 0.381 e. The number of piperidine rings is 1. The van der Waals surface area contributed by atoms with Gasteiger partial charge in [0, 0.05) is 39.3 Å². The van der Waals surface area contributed by atoms with E-state index in [9.17, 15) is 13.2 Å². The summed E-state index contributed by atoms with van der Waals surface area (Å²) in [4.78, 5) is 20.5. The molecule has 0 spiro atoms. The number of aromatic nitrogens is 3. The zero-order valence-electron chi connectivity index (χ0n) is 22.2. The standard InChI is InChI=1S/C28H35N5O5S/c1-37-21-10-14-32(15-11-21)24-18-23(28(34)31-39(35,36)22-12-16-38-17-13-22)29-27-25(24)26(19-6-5-7-19)30-33(27)20-8-3-2-4-9-20/h2-4,8-9,18-19,21-22H,5-7,10-17H2,1H3,(H,31,34). The molecule has 4 heterocycles. The van der Waals surface area contributed by atoms with Crippen molar-refractivity contribution in [3.63, 3.8) is 0 Å². The van der Waals surface area contributed by atoms with Gasteiger partial charge in [-0.2, -0.15) is 5.10 Å². The van der Waals surface area contributed by atoms with Crippen LogP contribution in [0, 0.1) is 0 Å². The molecule has 10 nitrogen and oxygen atoms in total. The van der Waals surface area contributed by atoms with Gasteiger partial charge in [0.25, 0.3) is 5.91 Å². The van der Waals surface area contributed by atoms with Crippen molar-refractivity contribution >= 4 is 32.7 Å². The fourth-order valence-electron chi connectivity index (χ4n) is 5.79. The maximum atomic E-state index is 13.5. The molecule has 1 aromatic carbocycles. The smallest absolute Gasteiger partial charge is 0.283 e. The number of ether oxygens (including phenoxy) is 2. The Hall–Kier alpha value is -3.02. The fraction of sp³-hybridized carbons (Fsp3) is 0.536. The molecule has 0 unspecified atom stereocenters. The normalized spacial score (nSPS) is 19.8. The number of anilines is 1. The van der Waals surface area contributed by atoms with Crippen molar-refractivity contribution in [3.8, 4) is 5.69 Å². The Labute approximate surface area is 228 Å². The Kier molecular flexibility index (Phi) is 7.30. The highest BCUT2D eigenvalue weighted by Crippen LogP contribution is 2.43. The van der Waals surface area contributed by atoms with E-state index in [0.717, 1.165) is 67.6 Å². The highest BCUT2D eigenvalue weighted by molar-refractivity contribution is 7.90. The Morgan fingerprint density at radius 3 is 2.41 bits per heavy atom.